The molecule has 2 rings (SSSR count). The molecule has 0 fully saturated rings. The van der Waals surface area contributed by atoms with Crippen LogP contribution in [0.2, 0.25) is 0 Å². The molecule has 0 unspecified atom stereocenters. The number of hydrogen-bond acceptors (Lipinski definition) is 3. The minimum atomic E-state index is -0.245. The van der Waals surface area contributed by atoms with Crippen LogP contribution in [-0.4, -0.2) is 13.1 Å². The predicted molar refractivity (Wildman–Crippen MR) is 80.6 cm³/mol. The zero-order valence-electron chi connectivity index (χ0n) is 11.1. The van der Waals surface area contributed by atoms with E-state index in [-0.39, 0.29) is 12.4 Å². The van der Waals surface area contributed by atoms with E-state index in [0.29, 0.717) is 6.61 Å². The van der Waals surface area contributed by atoms with Gasteiger partial charge >= 0.3 is 5.97 Å². The number of carbonyl (C=O) groups excluding carboxylic acids is 1. The highest BCUT2D eigenvalue weighted by Crippen LogP contribution is 2.25. The molecule has 2 aromatic rings. The highest BCUT2D eigenvalue weighted by Gasteiger charge is 2.07. The first-order valence-corrected chi connectivity index (χ1v) is 7.00. The van der Waals surface area contributed by atoms with E-state index in [1.807, 2.05) is 48.5 Å². The van der Waals surface area contributed by atoms with E-state index in [1.165, 1.54) is 0 Å². The van der Waals surface area contributed by atoms with Gasteiger partial charge in [0.05, 0.1) is 18.0 Å². The minimum absolute atomic E-state index is 0.245. The molecule has 0 aliphatic carbocycles. The molecule has 0 bridgehead atoms. The van der Waals surface area contributed by atoms with E-state index in [0.717, 1.165) is 21.3 Å². The number of rotatable bonds is 5. The summed E-state index contributed by atoms with van der Waals surface area (Å²) >= 11 is 3.40. The quantitative estimate of drug-likeness (QED) is 0.781. The number of halogens is 1. The molecule has 20 heavy (non-hydrogen) atoms. The van der Waals surface area contributed by atoms with Crippen molar-refractivity contribution in [3.63, 3.8) is 0 Å². The molecule has 0 saturated carbocycles. The van der Waals surface area contributed by atoms with E-state index in [4.69, 9.17) is 9.47 Å². The number of benzene rings is 2. The van der Waals surface area contributed by atoms with Crippen molar-refractivity contribution < 1.29 is 14.3 Å². The van der Waals surface area contributed by atoms with Gasteiger partial charge in [-0.25, -0.2) is 0 Å². The summed E-state index contributed by atoms with van der Waals surface area (Å²) in [5, 5.41) is 0. The van der Waals surface area contributed by atoms with Crippen LogP contribution in [-0.2, 0) is 22.6 Å². The summed E-state index contributed by atoms with van der Waals surface area (Å²) in [6.07, 6.45) is 0.245. The highest BCUT2D eigenvalue weighted by atomic mass is 79.9. The molecule has 0 amide bonds. The normalized spacial score (nSPS) is 10.1. The fraction of sp³-hybridized carbons (Fsp3) is 0.188. The van der Waals surface area contributed by atoms with Crippen LogP contribution in [0.3, 0.4) is 0 Å². The van der Waals surface area contributed by atoms with Gasteiger partial charge in [-0.3, -0.25) is 4.79 Å². The van der Waals surface area contributed by atoms with Crippen molar-refractivity contribution in [2.75, 3.05) is 7.11 Å². The van der Waals surface area contributed by atoms with E-state index < -0.39 is 0 Å². The van der Waals surface area contributed by atoms with E-state index >= 15 is 0 Å². The molecule has 0 spiro atoms. The number of esters is 1. The van der Waals surface area contributed by atoms with Crippen molar-refractivity contribution >= 4 is 21.9 Å². The Morgan fingerprint density at radius 2 is 1.85 bits per heavy atom. The number of hydrogen-bond donors (Lipinski definition) is 0. The van der Waals surface area contributed by atoms with Crippen LogP contribution in [0.1, 0.15) is 11.1 Å². The third kappa shape index (κ3) is 4.10. The smallest absolute Gasteiger partial charge is 0.310 e. The maximum absolute atomic E-state index is 11.8. The van der Waals surface area contributed by atoms with Crippen LogP contribution < -0.4 is 4.74 Å². The van der Waals surface area contributed by atoms with Gasteiger partial charge in [-0.15, -0.1) is 0 Å². The summed E-state index contributed by atoms with van der Waals surface area (Å²) in [6, 6.07) is 15.2. The molecule has 0 radical (unpaired) electrons. The molecule has 0 aliphatic rings. The molecule has 0 aliphatic heterocycles. The van der Waals surface area contributed by atoms with Crippen molar-refractivity contribution in [2.45, 2.75) is 13.0 Å². The van der Waals surface area contributed by atoms with Gasteiger partial charge < -0.3 is 9.47 Å². The van der Waals surface area contributed by atoms with Gasteiger partial charge in [-0.2, -0.15) is 0 Å². The van der Waals surface area contributed by atoms with Crippen LogP contribution in [0.4, 0.5) is 0 Å². The van der Waals surface area contributed by atoms with Gasteiger partial charge in [0.2, 0.25) is 0 Å². The van der Waals surface area contributed by atoms with Gasteiger partial charge in [0.15, 0.2) is 0 Å². The summed E-state index contributed by atoms with van der Waals surface area (Å²) in [5.74, 6) is 0.498. The summed E-state index contributed by atoms with van der Waals surface area (Å²) in [6.45, 7) is 0.303. The molecular formula is C16H15BrO3. The third-order valence-electron chi connectivity index (χ3n) is 2.81. The largest absolute Gasteiger partial charge is 0.496 e. The average molecular weight is 335 g/mol. The first kappa shape index (κ1) is 14.6. The van der Waals surface area contributed by atoms with Crippen LogP contribution in [0, 0.1) is 0 Å². The molecule has 3 nitrogen and oxygen atoms in total. The lowest BCUT2D eigenvalue weighted by molar-refractivity contribution is -0.144. The summed E-state index contributed by atoms with van der Waals surface area (Å²) < 4.78 is 11.2. The van der Waals surface area contributed by atoms with Crippen molar-refractivity contribution in [1.82, 2.24) is 0 Å². The second-order valence-electron chi connectivity index (χ2n) is 4.29. The summed E-state index contributed by atoms with van der Waals surface area (Å²) in [7, 11) is 1.61. The van der Waals surface area contributed by atoms with E-state index in [9.17, 15) is 4.79 Å². The van der Waals surface area contributed by atoms with Gasteiger partial charge in [-0.05, 0) is 39.2 Å². The first-order valence-electron chi connectivity index (χ1n) is 6.21. The molecule has 0 aromatic heterocycles. The maximum atomic E-state index is 11.8. The predicted octanol–water partition coefficient (Wildman–Crippen LogP) is 3.74. The number of methoxy groups -OCH3 is 1. The first-order chi connectivity index (χ1) is 9.69. The lowest BCUT2D eigenvalue weighted by Crippen LogP contribution is -2.08. The van der Waals surface area contributed by atoms with Crippen LogP contribution >= 0.6 is 15.9 Å². The molecule has 2 aromatic carbocycles. The van der Waals surface area contributed by atoms with Crippen LogP contribution in [0.5, 0.6) is 5.75 Å². The second-order valence-corrected chi connectivity index (χ2v) is 5.15. The second kappa shape index (κ2) is 7.10. The van der Waals surface area contributed by atoms with Gasteiger partial charge in [-0.1, -0.05) is 36.4 Å². The molecule has 0 N–H and O–H groups in total. The Balaban J connectivity index is 1.90. The maximum Gasteiger partial charge on any atom is 0.310 e. The molecule has 0 atom stereocenters. The topological polar surface area (TPSA) is 35.5 Å². The Bertz CT molecular complexity index is 582. The van der Waals surface area contributed by atoms with Gasteiger partial charge in [0.25, 0.3) is 0 Å². The van der Waals surface area contributed by atoms with E-state index in [2.05, 4.69) is 15.9 Å². The molecule has 104 valence electrons. The molecular weight excluding hydrogens is 320 g/mol. The Hall–Kier alpha value is -1.81. The van der Waals surface area contributed by atoms with Crippen LogP contribution in [0.25, 0.3) is 0 Å². The number of carbonyl (C=O) groups is 1. The lowest BCUT2D eigenvalue weighted by atomic mass is 10.1. The van der Waals surface area contributed by atoms with Crippen molar-refractivity contribution in [3.8, 4) is 5.75 Å². The SMILES string of the molecule is COc1ccc(CC(=O)OCc2ccccc2)cc1Br. The van der Waals surface area contributed by atoms with Crippen LogP contribution in [0.15, 0.2) is 53.0 Å². The Morgan fingerprint density at radius 3 is 2.50 bits per heavy atom. The summed E-state index contributed by atoms with van der Waals surface area (Å²) in [5.41, 5.74) is 1.87. The van der Waals surface area contributed by atoms with Gasteiger partial charge in [0.1, 0.15) is 12.4 Å². The highest BCUT2D eigenvalue weighted by molar-refractivity contribution is 9.10. The Morgan fingerprint density at radius 1 is 1.10 bits per heavy atom. The van der Waals surface area contributed by atoms with Crippen molar-refractivity contribution in [2.24, 2.45) is 0 Å². The van der Waals surface area contributed by atoms with E-state index in [1.54, 1.807) is 7.11 Å². The number of ether oxygens (including phenoxy) is 2. The zero-order valence-corrected chi connectivity index (χ0v) is 12.7. The Kier molecular flexibility index (Phi) is 5.18. The standard InChI is InChI=1S/C16H15BrO3/c1-19-15-8-7-13(9-14(15)17)10-16(18)20-11-12-5-3-2-4-6-12/h2-9H,10-11H2,1H3. The molecule has 0 saturated heterocycles. The monoisotopic (exact) mass is 334 g/mol. The van der Waals surface area contributed by atoms with Gasteiger partial charge in [0, 0.05) is 0 Å². The van der Waals surface area contributed by atoms with Crippen molar-refractivity contribution in [1.29, 1.82) is 0 Å². The third-order valence-corrected chi connectivity index (χ3v) is 3.43. The lowest BCUT2D eigenvalue weighted by Gasteiger charge is -2.07. The molecule has 4 heteroatoms. The average Bonchev–Trinajstić information content (AvgIpc) is 2.46. The van der Waals surface area contributed by atoms with Crippen molar-refractivity contribution in [3.05, 3.63) is 64.1 Å². The fourth-order valence-electron chi connectivity index (χ4n) is 1.78. The fourth-order valence-corrected chi connectivity index (χ4v) is 2.36. The summed E-state index contributed by atoms with van der Waals surface area (Å²) in [4.78, 5) is 11.8. The zero-order chi connectivity index (χ0) is 14.4. The Labute approximate surface area is 126 Å². The minimum Gasteiger partial charge on any atom is -0.496 e. The molecule has 0 heterocycles.